The Morgan fingerprint density at radius 1 is 1.50 bits per heavy atom. The van der Waals surface area contributed by atoms with Gasteiger partial charge >= 0.3 is 5.97 Å². The lowest BCUT2D eigenvalue weighted by Crippen LogP contribution is -2.29. The zero-order chi connectivity index (χ0) is 9.56. The number of esters is 1. The molecule has 0 spiro atoms. The van der Waals surface area contributed by atoms with Crippen molar-refractivity contribution in [2.75, 3.05) is 26.0 Å². The quantitative estimate of drug-likeness (QED) is 0.526. The van der Waals surface area contributed by atoms with Crippen LogP contribution in [0.15, 0.2) is 0 Å². The summed E-state index contributed by atoms with van der Waals surface area (Å²) >= 11 is 3.03. The predicted molar refractivity (Wildman–Crippen MR) is 48.1 cm³/mol. The van der Waals surface area contributed by atoms with Gasteiger partial charge in [0.15, 0.2) is 0 Å². The van der Waals surface area contributed by atoms with E-state index in [-0.39, 0.29) is 23.6 Å². The van der Waals surface area contributed by atoms with Crippen molar-refractivity contribution in [3.05, 3.63) is 0 Å². The number of nitrogens with zero attached hydrogens (tertiary/aromatic N) is 1. The van der Waals surface area contributed by atoms with Crippen LogP contribution in [0.5, 0.6) is 0 Å². The number of amides is 1. The predicted octanol–water partition coefficient (Wildman–Crippen LogP) is 0.403. The molecule has 0 aromatic carbocycles. The molecule has 0 saturated carbocycles. The molecule has 0 heterocycles. The second-order valence-corrected chi connectivity index (χ2v) is 2.84. The normalized spacial score (nSPS) is 9.25. The van der Waals surface area contributed by atoms with Crippen molar-refractivity contribution in [3.63, 3.8) is 0 Å². The van der Waals surface area contributed by atoms with Gasteiger partial charge in [0.1, 0.15) is 0 Å². The lowest BCUT2D eigenvalue weighted by Gasteiger charge is -2.14. The first-order chi connectivity index (χ1) is 5.61. The Kier molecular flexibility index (Phi) is 5.70. The van der Waals surface area contributed by atoms with Crippen molar-refractivity contribution in [2.24, 2.45) is 0 Å². The van der Waals surface area contributed by atoms with Crippen molar-refractivity contribution in [1.82, 2.24) is 4.90 Å². The maximum absolute atomic E-state index is 10.9. The number of hydrogen-bond donors (Lipinski definition) is 0. The molecule has 5 heteroatoms. The van der Waals surface area contributed by atoms with E-state index in [0.29, 0.717) is 6.54 Å². The SMILES string of the molecule is COC(=O)CCN(C)C(=O)CBr. The summed E-state index contributed by atoms with van der Waals surface area (Å²) in [5.74, 6) is -0.344. The van der Waals surface area contributed by atoms with Crippen molar-refractivity contribution in [1.29, 1.82) is 0 Å². The van der Waals surface area contributed by atoms with Crippen LogP contribution in [0.4, 0.5) is 0 Å². The summed E-state index contributed by atoms with van der Waals surface area (Å²) in [5.41, 5.74) is 0. The Hall–Kier alpha value is -0.580. The molecule has 4 nitrogen and oxygen atoms in total. The fraction of sp³-hybridized carbons (Fsp3) is 0.714. The minimum Gasteiger partial charge on any atom is -0.469 e. The first kappa shape index (κ1) is 11.4. The summed E-state index contributed by atoms with van der Waals surface area (Å²) in [6.07, 6.45) is 0.242. The number of rotatable bonds is 4. The molecule has 0 rings (SSSR count). The summed E-state index contributed by atoms with van der Waals surface area (Å²) < 4.78 is 4.43. The highest BCUT2D eigenvalue weighted by molar-refractivity contribution is 9.09. The molecule has 1 amide bonds. The van der Waals surface area contributed by atoms with Crippen LogP contribution in [0.25, 0.3) is 0 Å². The minimum absolute atomic E-state index is 0.0427. The molecule has 0 unspecified atom stereocenters. The molecular formula is C7H12BrNO3. The van der Waals surface area contributed by atoms with Gasteiger partial charge in [0.2, 0.25) is 5.91 Å². The van der Waals surface area contributed by atoms with Gasteiger partial charge in [-0.2, -0.15) is 0 Å². The summed E-state index contributed by atoms with van der Waals surface area (Å²) in [4.78, 5) is 23.1. The number of alkyl halides is 1. The molecule has 0 aliphatic rings. The molecule has 0 aliphatic carbocycles. The van der Waals surface area contributed by atoms with Gasteiger partial charge in [-0.15, -0.1) is 0 Å². The van der Waals surface area contributed by atoms with Crippen LogP contribution in [-0.4, -0.2) is 42.8 Å². The Morgan fingerprint density at radius 2 is 2.08 bits per heavy atom. The van der Waals surface area contributed by atoms with Crippen LogP contribution in [0.3, 0.4) is 0 Å². The number of methoxy groups -OCH3 is 1. The van der Waals surface area contributed by atoms with E-state index < -0.39 is 0 Å². The summed E-state index contributed by atoms with van der Waals surface area (Å²) in [5, 5.41) is 0.282. The van der Waals surface area contributed by atoms with Crippen LogP contribution in [0, 0.1) is 0 Å². The summed E-state index contributed by atoms with van der Waals surface area (Å²) in [6, 6.07) is 0. The van der Waals surface area contributed by atoms with Crippen molar-refractivity contribution < 1.29 is 14.3 Å². The molecule has 0 atom stereocenters. The zero-order valence-electron chi connectivity index (χ0n) is 7.17. The van der Waals surface area contributed by atoms with Gasteiger partial charge in [-0.3, -0.25) is 9.59 Å². The van der Waals surface area contributed by atoms with Gasteiger partial charge in [0.05, 0.1) is 18.9 Å². The fourth-order valence-electron chi connectivity index (χ4n) is 0.588. The maximum Gasteiger partial charge on any atom is 0.307 e. The van der Waals surface area contributed by atoms with E-state index in [1.54, 1.807) is 7.05 Å². The molecule has 0 aromatic rings. The number of ether oxygens (including phenoxy) is 1. The van der Waals surface area contributed by atoms with E-state index >= 15 is 0 Å². The third-order valence-electron chi connectivity index (χ3n) is 1.42. The second-order valence-electron chi connectivity index (χ2n) is 2.28. The van der Waals surface area contributed by atoms with E-state index in [4.69, 9.17) is 0 Å². The molecule has 0 saturated heterocycles. The number of carbonyl (C=O) groups excluding carboxylic acids is 2. The van der Waals surface area contributed by atoms with Gasteiger partial charge in [-0.05, 0) is 0 Å². The lowest BCUT2D eigenvalue weighted by molar-refractivity contribution is -0.141. The standard InChI is InChI=1S/C7H12BrNO3/c1-9(6(10)5-8)4-3-7(11)12-2/h3-5H2,1-2H3. The Labute approximate surface area is 80.0 Å². The largest absolute Gasteiger partial charge is 0.469 e. The molecular weight excluding hydrogens is 226 g/mol. The minimum atomic E-state index is -0.302. The molecule has 0 aliphatic heterocycles. The topological polar surface area (TPSA) is 46.6 Å². The van der Waals surface area contributed by atoms with Crippen LogP contribution in [0.2, 0.25) is 0 Å². The zero-order valence-corrected chi connectivity index (χ0v) is 8.76. The van der Waals surface area contributed by atoms with Crippen LogP contribution < -0.4 is 0 Å². The van der Waals surface area contributed by atoms with E-state index in [1.165, 1.54) is 12.0 Å². The first-order valence-corrected chi connectivity index (χ1v) is 4.60. The molecule has 0 fully saturated rings. The van der Waals surface area contributed by atoms with Crippen LogP contribution in [-0.2, 0) is 14.3 Å². The Balaban J connectivity index is 3.63. The van der Waals surface area contributed by atoms with E-state index in [2.05, 4.69) is 20.7 Å². The Morgan fingerprint density at radius 3 is 2.50 bits per heavy atom. The monoisotopic (exact) mass is 237 g/mol. The molecule has 0 aromatic heterocycles. The molecule has 0 N–H and O–H groups in total. The number of halogens is 1. The van der Waals surface area contributed by atoms with Crippen molar-refractivity contribution >= 4 is 27.8 Å². The van der Waals surface area contributed by atoms with Crippen molar-refractivity contribution in [3.8, 4) is 0 Å². The van der Waals surface area contributed by atoms with Crippen molar-refractivity contribution in [2.45, 2.75) is 6.42 Å². The average molecular weight is 238 g/mol. The third-order valence-corrected chi connectivity index (χ3v) is 1.90. The molecule has 12 heavy (non-hydrogen) atoms. The lowest BCUT2D eigenvalue weighted by atomic mass is 10.4. The average Bonchev–Trinajstić information content (AvgIpc) is 2.11. The number of carbonyl (C=O) groups is 2. The van der Waals surface area contributed by atoms with E-state index in [9.17, 15) is 9.59 Å². The van der Waals surface area contributed by atoms with Gasteiger partial charge in [-0.25, -0.2) is 0 Å². The Bertz CT molecular complexity index is 172. The van der Waals surface area contributed by atoms with Gasteiger partial charge in [-0.1, -0.05) is 15.9 Å². The number of hydrogen-bond acceptors (Lipinski definition) is 3. The molecule has 0 bridgehead atoms. The van der Waals surface area contributed by atoms with Gasteiger partial charge < -0.3 is 9.64 Å². The van der Waals surface area contributed by atoms with Gasteiger partial charge in [0, 0.05) is 13.6 Å². The van der Waals surface area contributed by atoms with E-state index in [0.717, 1.165) is 0 Å². The highest BCUT2D eigenvalue weighted by Gasteiger charge is 2.08. The highest BCUT2D eigenvalue weighted by atomic mass is 79.9. The highest BCUT2D eigenvalue weighted by Crippen LogP contribution is 1.93. The summed E-state index contributed by atoms with van der Waals surface area (Å²) in [6.45, 7) is 0.400. The van der Waals surface area contributed by atoms with E-state index in [1.807, 2.05) is 0 Å². The third kappa shape index (κ3) is 4.33. The molecule has 0 radical (unpaired) electrons. The molecule has 70 valence electrons. The smallest absolute Gasteiger partial charge is 0.307 e. The maximum atomic E-state index is 10.9. The first-order valence-electron chi connectivity index (χ1n) is 3.48. The van der Waals surface area contributed by atoms with Gasteiger partial charge in [0.25, 0.3) is 0 Å². The summed E-state index contributed by atoms with van der Waals surface area (Å²) in [7, 11) is 2.97. The fourth-order valence-corrected chi connectivity index (χ4v) is 1.02. The van der Waals surface area contributed by atoms with Crippen LogP contribution in [0.1, 0.15) is 6.42 Å². The second kappa shape index (κ2) is 5.99. The van der Waals surface area contributed by atoms with Crippen LogP contribution >= 0.6 is 15.9 Å².